The minimum absolute atomic E-state index is 0.0558. The highest BCUT2D eigenvalue weighted by Gasteiger charge is 2.18. The van der Waals surface area contributed by atoms with Gasteiger partial charge in [0.05, 0.1) is 4.92 Å². The first-order chi connectivity index (χ1) is 9.58. The highest BCUT2D eigenvalue weighted by molar-refractivity contribution is 5.96. The molecule has 1 aromatic carbocycles. The Kier molecular flexibility index (Phi) is 4.68. The van der Waals surface area contributed by atoms with E-state index in [2.05, 4.69) is 10.6 Å². The zero-order valence-electron chi connectivity index (χ0n) is 11.5. The highest BCUT2D eigenvalue weighted by Crippen LogP contribution is 2.17. The van der Waals surface area contributed by atoms with Gasteiger partial charge in [-0.2, -0.15) is 0 Å². The molecule has 1 saturated heterocycles. The second-order valence-electron chi connectivity index (χ2n) is 5.13. The molecule has 1 unspecified atom stereocenters. The minimum atomic E-state index is -0.483. The number of amides is 1. The third-order valence-electron chi connectivity index (χ3n) is 3.56. The Morgan fingerprint density at radius 1 is 1.45 bits per heavy atom. The Hall–Kier alpha value is -1.95. The number of nitro groups is 1. The maximum Gasteiger partial charge on any atom is 0.270 e. The number of carbonyl (C=O) groups is 1. The summed E-state index contributed by atoms with van der Waals surface area (Å²) in [5.74, 6) is -0.236. The summed E-state index contributed by atoms with van der Waals surface area (Å²) < 4.78 is 0. The van der Waals surface area contributed by atoms with Crippen LogP contribution in [0.25, 0.3) is 0 Å². The van der Waals surface area contributed by atoms with E-state index in [1.54, 1.807) is 13.0 Å². The number of benzene rings is 1. The van der Waals surface area contributed by atoms with Gasteiger partial charge < -0.3 is 10.6 Å². The number of aryl methyl sites for hydroxylation is 1. The van der Waals surface area contributed by atoms with Gasteiger partial charge in [-0.3, -0.25) is 14.9 Å². The molecule has 0 saturated carbocycles. The van der Waals surface area contributed by atoms with Crippen LogP contribution in [-0.4, -0.2) is 30.0 Å². The SMILES string of the molecule is Cc1ccc([N+](=O)[O-])cc1C(=O)NC1CCCCNC1. The van der Waals surface area contributed by atoms with Gasteiger partial charge in [-0.05, 0) is 31.9 Å². The molecule has 1 aliphatic rings. The first-order valence-corrected chi connectivity index (χ1v) is 6.84. The predicted octanol–water partition coefficient (Wildman–Crippen LogP) is 1.78. The van der Waals surface area contributed by atoms with Crippen LogP contribution >= 0.6 is 0 Å². The molecule has 1 amide bonds. The van der Waals surface area contributed by atoms with Gasteiger partial charge in [0.1, 0.15) is 0 Å². The monoisotopic (exact) mass is 277 g/mol. The summed E-state index contributed by atoms with van der Waals surface area (Å²) in [6, 6.07) is 4.45. The van der Waals surface area contributed by atoms with Gasteiger partial charge in [0.25, 0.3) is 11.6 Å². The number of rotatable bonds is 3. The quantitative estimate of drug-likeness (QED) is 0.651. The van der Waals surface area contributed by atoms with Crippen molar-refractivity contribution in [3.8, 4) is 0 Å². The number of nitrogens with one attached hydrogen (secondary N) is 2. The van der Waals surface area contributed by atoms with Crippen molar-refractivity contribution in [3.63, 3.8) is 0 Å². The standard InChI is InChI=1S/C14H19N3O3/c1-10-5-6-12(17(19)20)8-13(10)14(18)16-11-4-2-3-7-15-9-11/h5-6,8,11,15H,2-4,7,9H2,1H3,(H,16,18). The number of non-ortho nitro benzene ring substituents is 1. The van der Waals surface area contributed by atoms with Crippen molar-refractivity contribution in [2.24, 2.45) is 0 Å². The average molecular weight is 277 g/mol. The Bertz CT molecular complexity index is 508. The van der Waals surface area contributed by atoms with Crippen LogP contribution in [0, 0.1) is 17.0 Å². The molecule has 20 heavy (non-hydrogen) atoms. The van der Waals surface area contributed by atoms with Crippen molar-refractivity contribution in [2.75, 3.05) is 13.1 Å². The molecule has 1 heterocycles. The van der Waals surface area contributed by atoms with E-state index in [-0.39, 0.29) is 17.6 Å². The van der Waals surface area contributed by atoms with Gasteiger partial charge in [-0.1, -0.05) is 12.5 Å². The van der Waals surface area contributed by atoms with Crippen LogP contribution in [0.3, 0.4) is 0 Å². The molecule has 2 N–H and O–H groups in total. The second kappa shape index (κ2) is 6.47. The summed E-state index contributed by atoms with van der Waals surface area (Å²) in [5, 5.41) is 17.0. The van der Waals surface area contributed by atoms with Crippen molar-refractivity contribution in [1.82, 2.24) is 10.6 Å². The van der Waals surface area contributed by atoms with Gasteiger partial charge in [-0.15, -0.1) is 0 Å². The summed E-state index contributed by atoms with van der Waals surface area (Å²) in [5.41, 5.74) is 1.07. The van der Waals surface area contributed by atoms with E-state index in [9.17, 15) is 14.9 Å². The van der Waals surface area contributed by atoms with E-state index < -0.39 is 4.92 Å². The van der Waals surface area contributed by atoms with Crippen molar-refractivity contribution < 1.29 is 9.72 Å². The average Bonchev–Trinajstić information content (AvgIpc) is 2.67. The molecular formula is C14H19N3O3. The fraction of sp³-hybridized carbons (Fsp3) is 0.500. The van der Waals surface area contributed by atoms with E-state index in [4.69, 9.17) is 0 Å². The molecular weight excluding hydrogens is 258 g/mol. The Balaban J connectivity index is 2.11. The molecule has 1 atom stereocenters. The molecule has 0 aromatic heterocycles. The van der Waals surface area contributed by atoms with Crippen LogP contribution in [0.1, 0.15) is 35.2 Å². The van der Waals surface area contributed by atoms with Crippen molar-refractivity contribution in [1.29, 1.82) is 0 Å². The molecule has 6 heteroatoms. The maximum atomic E-state index is 12.3. The lowest BCUT2D eigenvalue weighted by molar-refractivity contribution is -0.384. The van der Waals surface area contributed by atoms with E-state index in [1.807, 2.05) is 0 Å². The van der Waals surface area contributed by atoms with Gasteiger partial charge >= 0.3 is 0 Å². The van der Waals surface area contributed by atoms with Gasteiger partial charge in [0.2, 0.25) is 0 Å². The smallest absolute Gasteiger partial charge is 0.270 e. The number of carbonyl (C=O) groups excluding carboxylic acids is 1. The first kappa shape index (κ1) is 14.5. The molecule has 0 bridgehead atoms. The summed E-state index contributed by atoms with van der Waals surface area (Å²) in [4.78, 5) is 22.6. The van der Waals surface area contributed by atoms with Gasteiger partial charge in [-0.25, -0.2) is 0 Å². The summed E-state index contributed by atoms with van der Waals surface area (Å²) in [7, 11) is 0. The normalized spacial score (nSPS) is 19.1. The lowest BCUT2D eigenvalue weighted by Crippen LogP contribution is -2.41. The lowest BCUT2D eigenvalue weighted by Gasteiger charge is -2.17. The maximum absolute atomic E-state index is 12.3. The largest absolute Gasteiger partial charge is 0.348 e. The molecule has 0 aliphatic carbocycles. The van der Waals surface area contributed by atoms with Crippen LogP contribution in [0.2, 0.25) is 0 Å². The van der Waals surface area contributed by atoms with E-state index in [0.29, 0.717) is 5.56 Å². The lowest BCUT2D eigenvalue weighted by atomic mass is 10.1. The molecule has 0 radical (unpaired) electrons. The molecule has 2 rings (SSSR count). The van der Waals surface area contributed by atoms with Crippen LogP contribution in [0.15, 0.2) is 18.2 Å². The second-order valence-corrected chi connectivity index (χ2v) is 5.13. The van der Waals surface area contributed by atoms with Crippen LogP contribution < -0.4 is 10.6 Å². The molecule has 1 aromatic rings. The number of nitrogens with zero attached hydrogens (tertiary/aromatic N) is 1. The van der Waals surface area contributed by atoms with E-state index >= 15 is 0 Å². The summed E-state index contributed by atoms with van der Waals surface area (Å²) >= 11 is 0. The van der Waals surface area contributed by atoms with Gasteiger partial charge in [0, 0.05) is 30.3 Å². The van der Waals surface area contributed by atoms with Gasteiger partial charge in [0.15, 0.2) is 0 Å². The molecule has 6 nitrogen and oxygen atoms in total. The molecule has 1 fully saturated rings. The van der Waals surface area contributed by atoms with Crippen molar-refractivity contribution in [2.45, 2.75) is 32.2 Å². The number of hydrogen-bond donors (Lipinski definition) is 2. The topological polar surface area (TPSA) is 84.3 Å². The summed E-state index contributed by atoms with van der Waals surface area (Å²) in [6.45, 7) is 3.51. The first-order valence-electron chi connectivity index (χ1n) is 6.84. The number of nitro benzene ring substituents is 1. The minimum Gasteiger partial charge on any atom is -0.348 e. The van der Waals surface area contributed by atoms with E-state index in [1.165, 1.54) is 12.1 Å². The van der Waals surface area contributed by atoms with Crippen molar-refractivity contribution in [3.05, 3.63) is 39.4 Å². The fourth-order valence-electron chi connectivity index (χ4n) is 2.37. The zero-order valence-corrected chi connectivity index (χ0v) is 11.5. The Morgan fingerprint density at radius 2 is 2.25 bits per heavy atom. The molecule has 108 valence electrons. The molecule has 0 spiro atoms. The zero-order chi connectivity index (χ0) is 14.5. The van der Waals surface area contributed by atoms with E-state index in [0.717, 1.165) is 37.9 Å². The van der Waals surface area contributed by atoms with Crippen LogP contribution in [0.5, 0.6) is 0 Å². The number of hydrogen-bond acceptors (Lipinski definition) is 4. The van der Waals surface area contributed by atoms with Crippen LogP contribution in [0.4, 0.5) is 5.69 Å². The highest BCUT2D eigenvalue weighted by atomic mass is 16.6. The third kappa shape index (κ3) is 3.54. The fourth-order valence-corrected chi connectivity index (χ4v) is 2.37. The molecule has 1 aliphatic heterocycles. The predicted molar refractivity (Wildman–Crippen MR) is 75.8 cm³/mol. The third-order valence-corrected chi connectivity index (χ3v) is 3.56. The van der Waals surface area contributed by atoms with Crippen LogP contribution in [-0.2, 0) is 0 Å². The summed E-state index contributed by atoms with van der Waals surface area (Å²) in [6.07, 6.45) is 3.13. The van der Waals surface area contributed by atoms with Crippen molar-refractivity contribution >= 4 is 11.6 Å². The Labute approximate surface area is 117 Å². The Morgan fingerprint density at radius 3 is 3.00 bits per heavy atom.